The summed E-state index contributed by atoms with van der Waals surface area (Å²) in [5.41, 5.74) is 0.989. The topological polar surface area (TPSA) is 24.1 Å². The van der Waals surface area contributed by atoms with Crippen molar-refractivity contribution in [2.24, 2.45) is 0 Å². The lowest BCUT2D eigenvalue weighted by Gasteiger charge is -2.28. The monoisotopic (exact) mass is 198 g/mol. The molecular formula is C11H19FN2. The number of halogens is 1. The number of anilines is 1. The molecule has 0 saturated carbocycles. The lowest BCUT2D eigenvalue weighted by atomic mass is 10.1. The first-order chi connectivity index (χ1) is 6.84. The zero-order valence-electron chi connectivity index (χ0n) is 8.68. The molecule has 0 atom stereocenters. The van der Waals surface area contributed by atoms with E-state index in [1.165, 1.54) is 12.1 Å². The molecule has 0 unspecified atom stereocenters. The summed E-state index contributed by atoms with van der Waals surface area (Å²) in [4.78, 5) is 0. The van der Waals surface area contributed by atoms with E-state index >= 15 is 0 Å². The van der Waals surface area contributed by atoms with E-state index in [-0.39, 0.29) is 7.24 Å². The molecule has 0 bridgehead atoms. The Balaban J connectivity index is 0.000000617. The summed E-state index contributed by atoms with van der Waals surface area (Å²) in [6.45, 7) is 5.99. The van der Waals surface area contributed by atoms with Crippen molar-refractivity contribution in [3.63, 3.8) is 0 Å². The quantitative estimate of drug-likeness (QED) is 0.763. The second-order valence-corrected chi connectivity index (χ2v) is 3.01. The molecule has 0 radical (unpaired) electrons. The molecule has 2 nitrogen and oxygen atoms in total. The van der Waals surface area contributed by atoms with Gasteiger partial charge in [0.25, 0.3) is 0 Å². The van der Waals surface area contributed by atoms with Gasteiger partial charge in [-0.3, -0.25) is 0 Å². The van der Waals surface area contributed by atoms with Crippen LogP contribution in [0.2, 0.25) is 0 Å². The van der Waals surface area contributed by atoms with Crippen LogP contribution >= 0.6 is 0 Å². The van der Waals surface area contributed by atoms with E-state index in [0.29, 0.717) is 6.04 Å². The number of hydrogen-bond donors (Lipinski definition) is 2. The van der Waals surface area contributed by atoms with Crippen LogP contribution in [-0.2, 0) is 0 Å². The summed E-state index contributed by atoms with van der Waals surface area (Å²) in [5, 5.41) is 6.43. The Bertz CT molecular complexity index is 260. The molecule has 14 heavy (non-hydrogen) atoms. The fourth-order valence-electron chi connectivity index (χ4n) is 1.17. The van der Waals surface area contributed by atoms with Crippen LogP contribution in [0.25, 0.3) is 0 Å². The van der Waals surface area contributed by atoms with Crippen molar-refractivity contribution in [1.29, 1.82) is 0 Å². The van der Waals surface area contributed by atoms with Crippen molar-refractivity contribution in [3.05, 3.63) is 30.1 Å². The molecule has 1 saturated heterocycles. The largest absolute Gasteiger partial charge is 0.380 e. The van der Waals surface area contributed by atoms with E-state index in [2.05, 4.69) is 10.6 Å². The van der Waals surface area contributed by atoms with Gasteiger partial charge in [-0.1, -0.05) is 13.8 Å². The summed E-state index contributed by atoms with van der Waals surface area (Å²) in [6, 6.07) is 6.96. The first kappa shape index (κ1) is 11.0. The molecule has 1 aliphatic heterocycles. The van der Waals surface area contributed by atoms with Crippen LogP contribution in [-0.4, -0.2) is 19.1 Å². The summed E-state index contributed by atoms with van der Waals surface area (Å²) < 4.78 is 12.5. The maximum Gasteiger partial charge on any atom is 0.123 e. The Labute approximate surface area is 86.0 Å². The fraction of sp³-hybridized carbons (Fsp3) is 0.455. The number of rotatable bonds is 2. The minimum absolute atomic E-state index is 0. The van der Waals surface area contributed by atoms with Crippen molar-refractivity contribution in [1.82, 2.24) is 5.32 Å². The molecule has 0 spiro atoms. The van der Waals surface area contributed by atoms with Gasteiger partial charge in [0, 0.05) is 20.2 Å². The fourth-order valence-corrected chi connectivity index (χ4v) is 1.17. The Morgan fingerprint density at radius 3 is 2.29 bits per heavy atom. The molecule has 0 aromatic heterocycles. The van der Waals surface area contributed by atoms with Gasteiger partial charge in [-0.05, 0) is 24.3 Å². The molecule has 80 valence electrons. The second-order valence-electron chi connectivity index (χ2n) is 3.01. The Morgan fingerprint density at radius 1 is 1.29 bits per heavy atom. The SMILES string of the molecule is CC.Fc1ccc(NC2CNC2)cc1.[HH]. The van der Waals surface area contributed by atoms with Gasteiger partial charge >= 0.3 is 0 Å². The Morgan fingerprint density at radius 2 is 1.86 bits per heavy atom. The predicted octanol–water partition coefficient (Wildman–Crippen LogP) is 2.48. The highest BCUT2D eigenvalue weighted by atomic mass is 19.1. The van der Waals surface area contributed by atoms with Crippen LogP contribution in [0, 0.1) is 5.82 Å². The maximum atomic E-state index is 12.5. The summed E-state index contributed by atoms with van der Waals surface area (Å²) >= 11 is 0. The summed E-state index contributed by atoms with van der Waals surface area (Å²) in [6.07, 6.45) is 0. The molecule has 1 aromatic carbocycles. The van der Waals surface area contributed by atoms with Gasteiger partial charge in [0.2, 0.25) is 0 Å². The van der Waals surface area contributed by atoms with Crippen molar-refractivity contribution in [3.8, 4) is 0 Å². The molecular weight excluding hydrogens is 179 g/mol. The minimum Gasteiger partial charge on any atom is -0.380 e. The first-order valence-electron chi connectivity index (χ1n) is 5.07. The normalized spacial score (nSPS) is 15.1. The smallest absolute Gasteiger partial charge is 0.123 e. The van der Waals surface area contributed by atoms with E-state index < -0.39 is 0 Å². The summed E-state index contributed by atoms with van der Waals surface area (Å²) in [7, 11) is 0. The van der Waals surface area contributed by atoms with Gasteiger partial charge in [-0.25, -0.2) is 4.39 Å². The van der Waals surface area contributed by atoms with Gasteiger partial charge in [-0.15, -0.1) is 0 Å². The van der Waals surface area contributed by atoms with Gasteiger partial charge in [-0.2, -0.15) is 0 Å². The van der Waals surface area contributed by atoms with Crippen molar-refractivity contribution in [2.75, 3.05) is 18.4 Å². The van der Waals surface area contributed by atoms with E-state index in [4.69, 9.17) is 0 Å². The molecule has 1 heterocycles. The van der Waals surface area contributed by atoms with Gasteiger partial charge in [0.1, 0.15) is 5.82 Å². The van der Waals surface area contributed by atoms with Crippen LogP contribution in [0.4, 0.5) is 10.1 Å². The van der Waals surface area contributed by atoms with Crippen molar-refractivity contribution >= 4 is 5.69 Å². The highest BCUT2D eigenvalue weighted by molar-refractivity contribution is 5.44. The zero-order valence-corrected chi connectivity index (χ0v) is 8.68. The molecule has 1 aromatic rings. The lowest BCUT2D eigenvalue weighted by Crippen LogP contribution is -2.51. The van der Waals surface area contributed by atoms with Crippen LogP contribution in [0.1, 0.15) is 15.3 Å². The van der Waals surface area contributed by atoms with Crippen molar-refractivity contribution in [2.45, 2.75) is 19.9 Å². The third kappa shape index (κ3) is 3.00. The van der Waals surface area contributed by atoms with Gasteiger partial charge in [0.05, 0.1) is 6.04 Å². The van der Waals surface area contributed by atoms with Crippen molar-refractivity contribution < 1.29 is 5.82 Å². The molecule has 3 heteroatoms. The first-order valence-corrected chi connectivity index (χ1v) is 5.07. The average Bonchev–Trinajstić information content (AvgIpc) is 2.17. The second kappa shape index (κ2) is 5.60. The molecule has 0 aliphatic carbocycles. The molecule has 0 amide bonds. The standard InChI is InChI=1S/C9H11FN2.C2H6.H2/c10-7-1-3-8(4-2-7)12-9-5-11-6-9;1-2;/h1-4,9,11-12H,5-6H2;1-2H3;1H. The third-order valence-electron chi connectivity index (χ3n) is 2.00. The maximum absolute atomic E-state index is 12.5. The molecule has 2 N–H and O–H groups in total. The Kier molecular flexibility index (Phi) is 4.40. The summed E-state index contributed by atoms with van der Waals surface area (Å²) in [5.74, 6) is -0.188. The van der Waals surface area contributed by atoms with Crippen LogP contribution < -0.4 is 10.6 Å². The highest BCUT2D eigenvalue weighted by Crippen LogP contribution is 2.10. The molecule has 2 rings (SSSR count). The number of hydrogen-bond acceptors (Lipinski definition) is 2. The van der Waals surface area contributed by atoms with Gasteiger partial charge < -0.3 is 10.6 Å². The van der Waals surface area contributed by atoms with Crippen LogP contribution in [0.15, 0.2) is 24.3 Å². The third-order valence-corrected chi connectivity index (χ3v) is 2.00. The van der Waals surface area contributed by atoms with E-state index in [1.807, 2.05) is 13.8 Å². The lowest BCUT2D eigenvalue weighted by molar-refractivity contribution is 0.472. The van der Waals surface area contributed by atoms with Gasteiger partial charge in [0.15, 0.2) is 0 Å². The number of benzene rings is 1. The average molecular weight is 198 g/mol. The van der Waals surface area contributed by atoms with E-state index in [9.17, 15) is 4.39 Å². The van der Waals surface area contributed by atoms with E-state index in [0.717, 1.165) is 18.8 Å². The van der Waals surface area contributed by atoms with Crippen LogP contribution in [0.3, 0.4) is 0 Å². The minimum atomic E-state index is -0.188. The van der Waals surface area contributed by atoms with Crippen LogP contribution in [0.5, 0.6) is 0 Å². The molecule has 1 fully saturated rings. The predicted molar refractivity (Wildman–Crippen MR) is 60.1 cm³/mol. The Hall–Kier alpha value is -1.09. The zero-order chi connectivity index (χ0) is 10.4. The molecule has 1 aliphatic rings. The van der Waals surface area contributed by atoms with E-state index in [1.54, 1.807) is 12.1 Å². The number of nitrogens with one attached hydrogen (secondary N) is 2. The highest BCUT2D eigenvalue weighted by Gasteiger charge is 2.15.